The van der Waals surface area contributed by atoms with Crippen molar-refractivity contribution in [3.05, 3.63) is 88.4 Å². The van der Waals surface area contributed by atoms with Gasteiger partial charge in [-0.1, -0.05) is 30.3 Å². The van der Waals surface area contributed by atoms with E-state index in [9.17, 15) is 9.59 Å². The van der Waals surface area contributed by atoms with Crippen LogP contribution in [0.5, 0.6) is 11.5 Å². The first-order valence-electron chi connectivity index (χ1n) is 11.1. The van der Waals surface area contributed by atoms with E-state index in [1.807, 2.05) is 66.0 Å². The van der Waals surface area contributed by atoms with Crippen molar-refractivity contribution in [2.45, 2.75) is 4.58 Å². The summed E-state index contributed by atoms with van der Waals surface area (Å²) in [6.07, 6.45) is 1.51. The van der Waals surface area contributed by atoms with Crippen LogP contribution in [0.1, 0.15) is 15.7 Å². The fraction of sp³-hybridized carbons (Fsp3) is 0.192. The number of benzene rings is 3. The zero-order valence-electron chi connectivity index (χ0n) is 19.2. The number of nitrogens with one attached hydrogen (secondary N) is 2. The molecule has 0 aliphatic carbocycles. The molecule has 0 atom stereocenters. The first-order valence-corrected chi connectivity index (χ1v) is 14.0. The number of thioether (sulfide) groups is 2. The standard InChI is InChI=1S/C26H24BrN3O4S2/c27-22-14-18(6-11-23(22)34-16-24(31)29-20-4-2-1-3-5-20)15-28-30-25(32)17-33-21-9-7-19(8-10-21)26-35-12-13-36-26/h1-11,14-15,26H,12-13,16-17H2,(H,29,31)(H,30,32)/b28-15-. The highest BCUT2D eigenvalue weighted by Gasteiger charge is 2.18. The smallest absolute Gasteiger partial charge is 0.277 e. The minimum atomic E-state index is -0.360. The zero-order valence-corrected chi connectivity index (χ0v) is 22.4. The lowest BCUT2D eigenvalue weighted by Crippen LogP contribution is -2.24. The van der Waals surface area contributed by atoms with Gasteiger partial charge in [0.2, 0.25) is 0 Å². The number of hydrogen-bond donors (Lipinski definition) is 2. The molecule has 7 nitrogen and oxygen atoms in total. The summed E-state index contributed by atoms with van der Waals surface area (Å²) in [6, 6.07) is 22.3. The summed E-state index contributed by atoms with van der Waals surface area (Å²) in [5, 5.41) is 6.74. The van der Waals surface area contributed by atoms with Crippen LogP contribution in [-0.2, 0) is 9.59 Å². The van der Waals surface area contributed by atoms with Crippen LogP contribution in [0.15, 0.2) is 82.4 Å². The Labute approximate surface area is 226 Å². The van der Waals surface area contributed by atoms with Crippen LogP contribution in [0.3, 0.4) is 0 Å². The van der Waals surface area contributed by atoms with Gasteiger partial charge in [-0.25, -0.2) is 5.43 Å². The van der Waals surface area contributed by atoms with Gasteiger partial charge >= 0.3 is 0 Å². The van der Waals surface area contributed by atoms with Crippen molar-refractivity contribution in [3.8, 4) is 11.5 Å². The van der Waals surface area contributed by atoms with Crippen molar-refractivity contribution in [1.82, 2.24) is 5.43 Å². The van der Waals surface area contributed by atoms with Gasteiger partial charge in [-0.15, -0.1) is 23.5 Å². The Balaban J connectivity index is 1.19. The highest BCUT2D eigenvalue weighted by molar-refractivity contribution is 9.10. The molecule has 0 bridgehead atoms. The Morgan fingerprint density at radius 3 is 2.39 bits per heavy atom. The summed E-state index contributed by atoms with van der Waals surface area (Å²) in [5.74, 6) is 2.90. The number of ether oxygens (including phenoxy) is 2. The van der Waals surface area contributed by atoms with E-state index in [-0.39, 0.29) is 25.0 Å². The summed E-state index contributed by atoms with van der Waals surface area (Å²) in [7, 11) is 0. The predicted octanol–water partition coefficient (Wildman–Crippen LogP) is 5.47. The van der Waals surface area contributed by atoms with Gasteiger partial charge in [-0.3, -0.25) is 9.59 Å². The van der Waals surface area contributed by atoms with Crippen molar-refractivity contribution < 1.29 is 19.1 Å². The van der Waals surface area contributed by atoms with Gasteiger partial charge in [-0.2, -0.15) is 5.10 Å². The predicted molar refractivity (Wildman–Crippen MR) is 150 cm³/mol. The third-order valence-corrected chi connectivity index (χ3v) is 8.64. The molecule has 0 spiro atoms. The Morgan fingerprint density at radius 1 is 0.944 bits per heavy atom. The Bertz CT molecular complexity index is 1200. The van der Waals surface area contributed by atoms with Crippen LogP contribution < -0.4 is 20.2 Å². The van der Waals surface area contributed by atoms with E-state index in [0.717, 1.165) is 5.56 Å². The van der Waals surface area contributed by atoms with Crippen molar-refractivity contribution in [2.24, 2.45) is 5.10 Å². The lowest BCUT2D eigenvalue weighted by Gasteiger charge is -2.10. The molecule has 0 unspecified atom stereocenters. The van der Waals surface area contributed by atoms with Gasteiger partial charge in [0.15, 0.2) is 13.2 Å². The van der Waals surface area contributed by atoms with E-state index >= 15 is 0 Å². The van der Waals surface area contributed by atoms with Crippen LogP contribution in [0.25, 0.3) is 0 Å². The van der Waals surface area contributed by atoms with E-state index < -0.39 is 0 Å². The first-order chi connectivity index (χ1) is 17.6. The van der Waals surface area contributed by atoms with E-state index in [2.05, 4.69) is 31.8 Å². The molecule has 1 aliphatic heterocycles. The first kappa shape index (κ1) is 26.1. The maximum absolute atomic E-state index is 12.1. The Morgan fingerprint density at radius 2 is 1.67 bits per heavy atom. The van der Waals surface area contributed by atoms with Gasteiger partial charge in [0, 0.05) is 17.2 Å². The monoisotopic (exact) mass is 585 g/mol. The molecule has 3 aromatic rings. The largest absolute Gasteiger partial charge is 0.484 e. The van der Waals surface area contributed by atoms with Crippen LogP contribution in [-0.4, -0.2) is 42.7 Å². The maximum Gasteiger partial charge on any atom is 0.277 e. The normalized spacial score (nSPS) is 13.5. The number of para-hydroxylation sites is 1. The summed E-state index contributed by atoms with van der Waals surface area (Å²) < 4.78 is 12.3. The van der Waals surface area contributed by atoms with E-state index in [0.29, 0.717) is 26.2 Å². The molecule has 36 heavy (non-hydrogen) atoms. The third-order valence-electron chi connectivity index (χ3n) is 4.92. The molecule has 1 saturated heterocycles. The average Bonchev–Trinajstić information content (AvgIpc) is 3.43. The quantitative estimate of drug-likeness (QED) is 0.242. The number of rotatable bonds is 10. The fourth-order valence-corrected chi connectivity index (χ4v) is 6.58. The molecule has 4 rings (SSSR count). The van der Waals surface area contributed by atoms with Crippen molar-refractivity contribution in [3.63, 3.8) is 0 Å². The second-order valence-corrected chi connectivity index (χ2v) is 11.2. The number of anilines is 1. The van der Waals surface area contributed by atoms with Gasteiger partial charge < -0.3 is 14.8 Å². The molecule has 0 saturated carbocycles. The zero-order chi connectivity index (χ0) is 25.2. The summed E-state index contributed by atoms with van der Waals surface area (Å²) >= 11 is 7.33. The molecular weight excluding hydrogens is 562 g/mol. The number of amides is 2. The minimum absolute atomic E-state index is 0.127. The van der Waals surface area contributed by atoms with Crippen molar-refractivity contribution in [1.29, 1.82) is 0 Å². The topological polar surface area (TPSA) is 89.0 Å². The van der Waals surface area contributed by atoms with Gasteiger partial charge in [0.25, 0.3) is 11.8 Å². The second-order valence-electron chi connectivity index (χ2n) is 7.62. The summed E-state index contributed by atoms with van der Waals surface area (Å²) in [6.45, 7) is -0.261. The number of nitrogens with zero attached hydrogens (tertiary/aromatic N) is 1. The van der Waals surface area contributed by atoms with Crippen LogP contribution in [0.2, 0.25) is 0 Å². The molecule has 186 valence electrons. The number of carbonyl (C=O) groups is 2. The molecule has 0 radical (unpaired) electrons. The number of halogens is 1. The van der Waals surface area contributed by atoms with Crippen molar-refractivity contribution >= 4 is 63.2 Å². The Hall–Kier alpha value is -2.95. The van der Waals surface area contributed by atoms with E-state index in [1.165, 1.54) is 23.3 Å². The molecule has 1 aliphatic rings. The highest BCUT2D eigenvalue weighted by Crippen LogP contribution is 2.45. The number of hydrazone groups is 1. The lowest BCUT2D eigenvalue weighted by atomic mass is 10.2. The van der Waals surface area contributed by atoms with Gasteiger partial charge in [0.05, 0.1) is 15.3 Å². The summed E-state index contributed by atoms with van der Waals surface area (Å²) in [5.41, 5.74) is 5.17. The minimum Gasteiger partial charge on any atom is -0.484 e. The van der Waals surface area contributed by atoms with Gasteiger partial charge in [-0.05, 0) is 69.5 Å². The number of hydrogen-bond acceptors (Lipinski definition) is 7. The molecule has 1 heterocycles. The molecular formula is C26H24BrN3O4S2. The van der Waals surface area contributed by atoms with Crippen LogP contribution in [0, 0.1) is 0 Å². The SMILES string of the molecule is O=C(COc1ccc(C2SCCS2)cc1)N/N=C\c1ccc(OCC(=O)Nc2ccccc2)c(Br)c1. The average molecular weight is 587 g/mol. The second kappa shape index (κ2) is 13.4. The van der Waals surface area contributed by atoms with Crippen LogP contribution >= 0.6 is 39.5 Å². The molecule has 0 aromatic heterocycles. The molecule has 2 N–H and O–H groups in total. The summed E-state index contributed by atoms with van der Waals surface area (Å²) in [4.78, 5) is 24.1. The van der Waals surface area contributed by atoms with Crippen molar-refractivity contribution in [2.75, 3.05) is 30.0 Å². The molecule has 2 amide bonds. The van der Waals surface area contributed by atoms with E-state index in [4.69, 9.17) is 9.47 Å². The maximum atomic E-state index is 12.1. The Kier molecular flexibility index (Phi) is 9.71. The molecule has 1 fully saturated rings. The molecule has 10 heteroatoms. The van der Waals surface area contributed by atoms with Crippen LogP contribution in [0.4, 0.5) is 5.69 Å². The number of carbonyl (C=O) groups excluding carboxylic acids is 2. The molecule has 3 aromatic carbocycles. The highest BCUT2D eigenvalue weighted by atomic mass is 79.9. The van der Waals surface area contributed by atoms with E-state index in [1.54, 1.807) is 30.3 Å². The van der Waals surface area contributed by atoms with Gasteiger partial charge in [0.1, 0.15) is 11.5 Å². The fourth-order valence-electron chi connectivity index (χ4n) is 3.21. The third kappa shape index (κ3) is 8.04. The lowest BCUT2D eigenvalue weighted by molar-refractivity contribution is -0.123.